The highest BCUT2D eigenvalue weighted by molar-refractivity contribution is 6.03. The number of carbonyl (C=O) groups is 1. The molecule has 0 radical (unpaired) electrons. The van der Waals surface area contributed by atoms with E-state index in [0.29, 0.717) is 18.0 Å². The fraction of sp³-hybridized carbons (Fsp3) is 0.389. The van der Waals surface area contributed by atoms with Crippen LogP contribution in [-0.2, 0) is 0 Å². The molecule has 0 fully saturated rings. The monoisotopic (exact) mass is 332 g/mol. The van der Waals surface area contributed by atoms with E-state index in [1.54, 1.807) is 36.4 Å². The second-order valence-electron chi connectivity index (χ2n) is 6.52. The number of furan rings is 1. The lowest BCUT2D eigenvalue weighted by Crippen LogP contribution is -2.42. The number of anilines is 1. The summed E-state index contributed by atoms with van der Waals surface area (Å²) in [6.45, 7) is 6.63. The lowest BCUT2D eigenvalue weighted by molar-refractivity contribution is 0.0984. The number of rotatable bonds is 7. The highest BCUT2D eigenvalue weighted by Gasteiger charge is 2.15. The molecule has 130 valence electrons. The molecule has 6 nitrogen and oxygen atoms in total. The standard InChI is InChI=1S/C18H24N2O4/c1-18(2,3)19-11-13(21)12-24-15-8-5-4-7-14(15)20-17(22)16-9-6-10-23-16/h4-10,13,19,21H,11-12H2,1-3H3,(H,20,22)/t13-/m0/s1. The first-order chi connectivity index (χ1) is 11.3. The zero-order valence-corrected chi connectivity index (χ0v) is 14.2. The molecule has 6 heteroatoms. The van der Waals surface area contributed by atoms with Gasteiger partial charge in [0.2, 0.25) is 0 Å². The highest BCUT2D eigenvalue weighted by Crippen LogP contribution is 2.24. The summed E-state index contributed by atoms with van der Waals surface area (Å²) in [6.07, 6.45) is 0.786. The Bertz CT molecular complexity index is 647. The van der Waals surface area contributed by atoms with E-state index in [1.165, 1.54) is 6.26 Å². The molecule has 1 heterocycles. The fourth-order valence-corrected chi connectivity index (χ4v) is 1.96. The average Bonchev–Trinajstić information content (AvgIpc) is 3.06. The van der Waals surface area contributed by atoms with E-state index in [-0.39, 0.29) is 23.8 Å². The number of benzene rings is 1. The van der Waals surface area contributed by atoms with E-state index in [4.69, 9.17) is 9.15 Å². The molecular weight excluding hydrogens is 308 g/mol. The zero-order valence-electron chi connectivity index (χ0n) is 14.2. The third-order valence-corrected chi connectivity index (χ3v) is 3.18. The van der Waals surface area contributed by atoms with Crippen LogP contribution in [0.3, 0.4) is 0 Å². The molecule has 0 aliphatic carbocycles. The van der Waals surface area contributed by atoms with Gasteiger partial charge in [-0.25, -0.2) is 0 Å². The van der Waals surface area contributed by atoms with Crippen molar-refractivity contribution < 1.29 is 19.1 Å². The number of hydrogen-bond acceptors (Lipinski definition) is 5. The predicted molar refractivity (Wildman–Crippen MR) is 92.4 cm³/mol. The molecule has 1 aromatic carbocycles. The fourth-order valence-electron chi connectivity index (χ4n) is 1.96. The van der Waals surface area contributed by atoms with Crippen molar-refractivity contribution in [2.45, 2.75) is 32.4 Å². The molecule has 2 rings (SSSR count). The SMILES string of the molecule is CC(C)(C)NC[C@H](O)COc1ccccc1NC(=O)c1ccco1. The molecule has 3 N–H and O–H groups in total. The van der Waals surface area contributed by atoms with Gasteiger partial charge >= 0.3 is 0 Å². The Kier molecular flexibility index (Phi) is 6.00. The van der Waals surface area contributed by atoms with E-state index in [9.17, 15) is 9.90 Å². The van der Waals surface area contributed by atoms with Crippen LogP contribution >= 0.6 is 0 Å². The van der Waals surface area contributed by atoms with Crippen molar-refractivity contribution in [1.29, 1.82) is 0 Å². The minimum atomic E-state index is -0.655. The molecular formula is C18H24N2O4. The minimum Gasteiger partial charge on any atom is -0.489 e. The molecule has 1 aromatic heterocycles. The second-order valence-corrected chi connectivity index (χ2v) is 6.52. The molecule has 0 unspecified atom stereocenters. The van der Waals surface area contributed by atoms with Gasteiger partial charge < -0.3 is 24.9 Å². The molecule has 1 amide bonds. The van der Waals surface area contributed by atoms with E-state index >= 15 is 0 Å². The highest BCUT2D eigenvalue weighted by atomic mass is 16.5. The Morgan fingerprint density at radius 3 is 2.67 bits per heavy atom. The largest absolute Gasteiger partial charge is 0.489 e. The van der Waals surface area contributed by atoms with Crippen molar-refractivity contribution in [3.05, 3.63) is 48.4 Å². The first-order valence-electron chi connectivity index (χ1n) is 7.85. The number of ether oxygens (including phenoxy) is 1. The number of amides is 1. The molecule has 0 aliphatic rings. The maximum atomic E-state index is 12.1. The number of hydrogen-bond donors (Lipinski definition) is 3. The van der Waals surface area contributed by atoms with Crippen LogP contribution in [0.2, 0.25) is 0 Å². The number of aliphatic hydroxyl groups excluding tert-OH is 1. The average molecular weight is 332 g/mol. The summed E-state index contributed by atoms with van der Waals surface area (Å²) < 4.78 is 10.7. The minimum absolute atomic E-state index is 0.0735. The van der Waals surface area contributed by atoms with Crippen molar-refractivity contribution >= 4 is 11.6 Å². The topological polar surface area (TPSA) is 83.7 Å². The van der Waals surface area contributed by atoms with Crippen molar-refractivity contribution in [2.75, 3.05) is 18.5 Å². The van der Waals surface area contributed by atoms with E-state index in [0.717, 1.165) is 0 Å². The van der Waals surface area contributed by atoms with Gasteiger partial charge in [-0.1, -0.05) is 12.1 Å². The molecule has 0 saturated heterocycles. The van der Waals surface area contributed by atoms with Crippen LogP contribution in [0, 0.1) is 0 Å². The Hall–Kier alpha value is -2.31. The van der Waals surface area contributed by atoms with E-state index in [1.807, 2.05) is 20.8 Å². The number of β-amino-alcohol motifs (C(OH)–C–C–N with tert-alkyl or cyclic N) is 1. The summed E-state index contributed by atoms with van der Waals surface area (Å²) in [7, 11) is 0. The van der Waals surface area contributed by atoms with Gasteiger partial charge in [0.15, 0.2) is 5.76 Å². The Balaban J connectivity index is 1.92. The third kappa shape index (κ3) is 5.72. The van der Waals surface area contributed by atoms with Crippen molar-refractivity contribution in [3.63, 3.8) is 0 Å². The normalized spacial score (nSPS) is 12.7. The summed E-state index contributed by atoms with van der Waals surface area (Å²) in [6, 6.07) is 10.3. The third-order valence-electron chi connectivity index (χ3n) is 3.18. The molecule has 2 aromatic rings. The van der Waals surface area contributed by atoms with Gasteiger partial charge in [-0.15, -0.1) is 0 Å². The van der Waals surface area contributed by atoms with Crippen LogP contribution in [0.4, 0.5) is 5.69 Å². The first kappa shape index (κ1) is 18.0. The van der Waals surface area contributed by atoms with Crippen LogP contribution in [-0.4, -0.2) is 35.8 Å². The van der Waals surface area contributed by atoms with E-state index in [2.05, 4.69) is 10.6 Å². The van der Waals surface area contributed by atoms with Gasteiger partial charge in [-0.05, 0) is 45.0 Å². The van der Waals surface area contributed by atoms with E-state index < -0.39 is 6.10 Å². The summed E-state index contributed by atoms with van der Waals surface area (Å²) >= 11 is 0. The van der Waals surface area contributed by atoms with Gasteiger partial charge in [0.25, 0.3) is 5.91 Å². The smallest absolute Gasteiger partial charge is 0.291 e. The quantitative estimate of drug-likeness (QED) is 0.726. The number of para-hydroxylation sites is 2. The van der Waals surface area contributed by atoms with Crippen molar-refractivity contribution in [2.24, 2.45) is 0 Å². The molecule has 24 heavy (non-hydrogen) atoms. The van der Waals surface area contributed by atoms with Gasteiger partial charge in [0.1, 0.15) is 18.5 Å². The summed E-state index contributed by atoms with van der Waals surface area (Å²) in [4.78, 5) is 12.1. The molecule has 0 bridgehead atoms. The molecule has 1 atom stereocenters. The van der Waals surface area contributed by atoms with Crippen molar-refractivity contribution in [1.82, 2.24) is 5.32 Å². The maximum Gasteiger partial charge on any atom is 0.291 e. The number of aliphatic hydroxyl groups is 1. The second kappa shape index (κ2) is 7.99. The molecule has 0 aliphatic heterocycles. The van der Waals surface area contributed by atoms with Crippen molar-refractivity contribution in [3.8, 4) is 5.75 Å². The van der Waals surface area contributed by atoms with Gasteiger partial charge in [-0.3, -0.25) is 4.79 Å². The molecule has 0 spiro atoms. The first-order valence-corrected chi connectivity index (χ1v) is 7.85. The summed E-state index contributed by atoms with van der Waals surface area (Å²) in [5.41, 5.74) is 0.450. The van der Waals surface area contributed by atoms with Gasteiger partial charge in [0.05, 0.1) is 12.0 Å². The summed E-state index contributed by atoms with van der Waals surface area (Å²) in [5, 5.41) is 16.0. The predicted octanol–water partition coefficient (Wildman–Crippen LogP) is 2.66. The maximum absolute atomic E-state index is 12.1. The van der Waals surface area contributed by atoms with Crippen LogP contribution in [0.1, 0.15) is 31.3 Å². The zero-order chi connectivity index (χ0) is 17.6. The van der Waals surface area contributed by atoms with Crippen LogP contribution in [0.5, 0.6) is 5.75 Å². The molecule has 0 saturated carbocycles. The Morgan fingerprint density at radius 2 is 2.00 bits per heavy atom. The van der Waals surface area contributed by atoms with Gasteiger partial charge in [-0.2, -0.15) is 0 Å². The van der Waals surface area contributed by atoms with Crippen LogP contribution < -0.4 is 15.4 Å². The lowest BCUT2D eigenvalue weighted by Gasteiger charge is -2.23. The number of nitrogens with one attached hydrogen (secondary N) is 2. The van der Waals surface area contributed by atoms with Crippen LogP contribution in [0.15, 0.2) is 47.1 Å². The van der Waals surface area contributed by atoms with Gasteiger partial charge in [0, 0.05) is 12.1 Å². The Morgan fingerprint density at radius 1 is 1.25 bits per heavy atom. The number of carbonyl (C=O) groups excluding carboxylic acids is 1. The lowest BCUT2D eigenvalue weighted by atomic mass is 10.1. The summed E-state index contributed by atoms with van der Waals surface area (Å²) in [5.74, 6) is 0.359. The van der Waals surface area contributed by atoms with Crippen LogP contribution in [0.25, 0.3) is 0 Å². The Labute approximate surface area is 141 Å².